The fraction of sp³-hybridized carbons (Fsp3) is 0.480. The van der Waals surface area contributed by atoms with Crippen LogP contribution in [-0.2, 0) is 11.3 Å². The number of carboxylic acid groups (broad SMARTS) is 1. The molecule has 1 saturated carbocycles. The summed E-state index contributed by atoms with van der Waals surface area (Å²) in [5.41, 5.74) is 2.72. The van der Waals surface area contributed by atoms with Crippen LogP contribution >= 0.6 is 0 Å². The normalized spacial score (nSPS) is 17.7. The Morgan fingerprint density at radius 1 is 1.25 bits per heavy atom. The Hall–Kier alpha value is -3.76. The molecule has 1 aliphatic carbocycles. The molecule has 1 fully saturated rings. The highest BCUT2D eigenvalue weighted by Gasteiger charge is 2.28. The van der Waals surface area contributed by atoms with Crippen molar-refractivity contribution in [2.24, 2.45) is 5.92 Å². The first-order chi connectivity index (χ1) is 17.2. The quantitative estimate of drug-likeness (QED) is 0.380. The van der Waals surface area contributed by atoms with Gasteiger partial charge in [0.25, 0.3) is 0 Å². The minimum absolute atomic E-state index is 0.0205. The van der Waals surface area contributed by atoms with Crippen molar-refractivity contribution in [3.8, 4) is 17.2 Å². The molecule has 0 amide bonds. The van der Waals surface area contributed by atoms with Gasteiger partial charge in [-0.2, -0.15) is 4.98 Å². The van der Waals surface area contributed by atoms with E-state index in [1.54, 1.807) is 6.07 Å². The topological polar surface area (TPSA) is 135 Å². The number of pyridine rings is 1. The number of halogens is 1. The second-order valence-corrected chi connectivity index (χ2v) is 9.34. The van der Waals surface area contributed by atoms with Gasteiger partial charge in [-0.15, -0.1) is 0 Å². The fourth-order valence-corrected chi connectivity index (χ4v) is 4.25. The van der Waals surface area contributed by atoms with Crippen molar-refractivity contribution < 1.29 is 23.6 Å². The van der Waals surface area contributed by atoms with Crippen LogP contribution < -0.4 is 15.4 Å². The van der Waals surface area contributed by atoms with Gasteiger partial charge in [0.1, 0.15) is 11.4 Å². The number of aryl methyl sites for hydroxylation is 2. The van der Waals surface area contributed by atoms with Gasteiger partial charge in [0.15, 0.2) is 17.4 Å². The second-order valence-electron chi connectivity index (χ2n) is 9.34. The number of aromatic nitrogens is 4. The first kappa shape index (κ1) is 25.3. The third-order valence-corrected chi connectivity index (χ3v) is 6.12. The summed E-state index contributed by atoms with van der Waals surface area (Å²) in [5, 5.41) is 19.5. The van der Waals surface area contributed by atoms with Gasteiger partial charge >= 0.3 is 5.97 Å². The molecule has 3 N–H and O–H groups in total. The van der Waals surface area contributed by atoms with Gasteiger partial charge in [0.2, 0.25) is 5.95 Å². The van der Waals surface area contributed by atoms with Crippen molar-refractivity contribution in [3.63, 3.8) is 0 Å². The molecule has 3 heterocycles. The summed E-state index contributed by atoms with van der Waals surface area (Å²) in [7, 11) is 0. The zero-order valence-electron chi connectivity index (χ0n) is 20.8. The Kier molecular flexibility index (Phi) is 7.66. The lowest BCUT2D eigenvalue weighted by Gasteiger charge is -2.27. The monoisotopic (exact) mass is 498 g/mol. The average Bonchev–Trinajstić information content (AvgIpc) is 3.21. The molecule has 3 aromatic rings. The molecular formula is C25H31FN6O4. The Bertz CT molecular complexity index is 1230. The van der Waals surface area contributed by atoms with Crippen LogP contribution in [0.25, 0.3) is 11.5 Å². The maximum Gasteiger partial charge on any atom is 0.306 e. The number of nitrogens with one attached hydrogen (secondary N) is 2. The molecule has 0 spiro atoms. The molecule has 0 unspecified atom stereocenters. The van der Waals surface area contributed by atoms with E-state index in [-0.39, 0.29) is 29.8 Å². The van der Waals surface area contributed by atoms with Gasteiger partial charge in [-0.25, -0.2) is 14.4 Å². The molecule has 0 saturated heterocycles. The number of rotatable bonds is 9. The number of carbonyl (C=O) groups is 1. The molecule has 0 bridgehead atoms. The van der Waals surface area contributed by atoms with Crippen molar-refractivity contribution in [1.82, 2.24) is 20.1 Å². The summed E-state index contributed by atoms with van der Waals surface area (Å²) in [6.45, 7) is 7.76. The van der Waals surface area contributed by atoms with Crippen LogP contribution in [0.4, 0.5) is 16.2 Å². The fourth-order valence-electron chi connectivity index (χ4n) is 4.25. The molecular weight excluding hydrogens is 467 g/mol. The molecule has 0 aromatic carbocycles. The van der Waals surface area contributed by atoms with Crippen molar-refractivity contribution in [1.29, 1.82) is 0 Å². The van der Waals surface area contributed by atoms with Crippen LogP contribution in [0.15, 0.2) is 22.9 Å². The summed E-state index contributed by atoms with van der Waals surface area (Å²) in [4.78, 5) is 24.2. The van der Waals surface area contributed by atoms with E-state index in [4.69, 9.17) is 9.26 Å². The Morgan fingerprint density at radius 2 is 2.06 bits per heavy atom. The number of anilines is 2. The van der Waals surface area contributed by atoms with E-state index >= 15 is 0 Å². The summed E-state index contributed by atoms with van der Waals surface area (Å²) in [5.74, 6) is -0.141. The Balaban J connectivity index is 1.48. The van der Waals surface area contributed by atoms with Gasteiger partial charge in [-0.1, -0.05) is 5.16 Å². The molecule has 0 aliphatic heterocycles. The number of hydrogen-bond donors (Lipinski definition) is 3. The smallest absolute Gasteiger partial charge is 0.306 e. The lowest BCUT2D eigenvalue weighted by Crippen LogP contribution is -2.29. The summed E-state index contributed by atoms with van der Waals surface area (Å²) >= 11 is 0. The average molecular weight is 499 g/mol. The minimum Gasteiger partial charge on any atom is -0.489 e. The van der Waals surface area contributed by atoms with Crippen LogP contribution in [0.3, 0.4) is 0 Å². The third-order valence-electron chi connectivity index (χ3n) is 6.12. The van der Waals surface area contributed by atoms with E-state index in [0.29, 0.717) is 48.0 Å². The van der Waals surface area contributed by atoms with Crippen molar-refractivity contribution >= 4 is 17.7 Å². The lowest BCUT2D eigenvalue weighted by atomic mass is 9.87. The van der Waals surface area contributed by atoms with E-state index in [1.807, 2.05) is 33.8 Å². The highest BCUT2D eigenvalue weighted by molar-refractivity contribution is 5.70. The molecule has 11 heteroatoms. The number of hydrogen-bond acceptors (Lipinski definition) is 9. The predicted molar refractivity (Wildman–Crippen MR) is 131 cm³/mol. The van der Waals surface area contributed by atoms with E-state index in [0.717, 1.165) is 24.6 Å². The first-order valence-corrected chi connectivity index (χ1v) is 12.1. The molecule has 4 rings (SSSR count). The zero-order chi connectivity index (χ0) is 25.8. The van der Waals surface area contributed by atoms with Gasteiger partial charge in [0, 0.05) is 18.2 Å². The van der Waals surface area contributed by atoms with E-state index < -0.39 is 11.8 Å². The van der Waals surface area contributed by atoms with Crippen LogP contribution in [0, 0.1) is 25.6 Å². The maximum absolute atomic E-state index is 14.0. The van der Waals surface area contributed by atoms with Crippen molar-refractivity contribution in [2.75, 3.05) is 10.6 Å². The Morgan fingerprint density at radius 3 is 2.78 bits per heavy atom. The summed E-state index contributed by atoms with van der Waals surface area (Å²) in [6.07, 6.45) is 3.80. The molecule has 3 aromatic heterocycles. The van der Waals surface area contributed by atoms with Gasteiger partial charge in [0.05, 0.1) is 29.6 Å². The molecule has 192 valence electrons. The maximum atomic E-state index is 14.0. The zero-order valence-corrected chi connectivity index (χ0v) is 20.8. The lowest BCUT2D eigenvalue weighted by molar-refractivity contribution is -0.143. The van der Waals surface area contributed by atoms with E-state index in [1.165, 1.54) is 0 Å². The summed E-state index contributed by atoms with van der Waals surface area (Å²) < 4.78 is 25.7. The van der Waals surface area contributed by atoms with E-state index in [9.17, 15) is 14.3 Å². The standard InChI is InChI=1S/C25H31FN6O4/c1-13(2)29-23-19(26)12-28-25(31-23)27-11-18-14(3)32-36-22(18)20-8-9-21(15(4)30-20)35-17-7-5-6-16(10-17)24(33)34/h8-9,12-13,16-17H,5-7,10-11H2,1-4H3,(H,33,34)(H2,27,28,29,31)/t16-,17-/m0/s1. The molecule has 10 nitrogen and oxygen atoms in total. The van der Waals surface area contributed by atoms with Gasteiger partial charge in [-0.05, 0) is 65.5 Å². The van der Waals surface area contributed by atoms with Crippen LogP contribution in [-0.4, -0.2) is 43.3 Å². The van der Waals surface area contributed by atoms with Gasteiger partial charge in [-0.3, -0.25) is 4.79 Å². The molecule has 0 radical (unpaired) electrons. The highest BCUT2D eigenvalue weighted by atomic mass is 19.1. The number of aliphatic carboxylic acids is 1. The summed E-state index contributed by atoms with van der Waals surface area (Å²) in [6, 6.07) is 3.64. The molecule has 1 aliphatic rings. The number of nitrogens with zero attached hydrogens (tertiary/aromatic N) is 4. The van der Waals surface area contributed by atoms with E-state index in [2.05, 4.69) is 30.7 Å². The Labute approximate surface area is 208 Å². The second kappa shape index (κ2) is 10.9. The molecule has 36 heavy (non-hydrogen) atoms. The van der Waals surface area contributed by atoms with Crippen LogP contribution in [0.1, 0.15) is 56.5 Å². The van der Waals surface area contributed by atoms with Crippen LogP contribution in [0.2, 0.25) is 0 Å². The largest absolute Gasteiger partial charge is 0.489 e. The van der Waals surface area contributed by atoms with Crippen LogP contribution in [0.5, 0.6) is 5.75 Å². The predicted octanol–water partition coefficient (Wildman–Crippen LogP) is 4.74. The first-order valence-electron chi connectivity index (χ1n) is 12.1. The SMILES string of the molecule is Cc1nc(-c2onc(C)c2CNc2ncc(F)c(NC(C)C)n2)ccc1O[C@H]1CCC[C@H](C(=O)O)C1. The van der Waals surface area contributed by atoms with Crippen molar-refractivity contribution in [2.45, 2.75) is 72.1 Å². The molecule has 2 atom stereocenters. The third kappa shape index (κ3) is 5.89. The minimum atomic E-state index is -0.770. The van der Waals surface area contributed by atoms with Crippen molar-refractivity contribution in [3.05, 3.63) is 41.1 Å². The highest BCUT2D eigenvalue weighted by Crippen LogP contribution is 2.32. The number of ether oxygens (including phenoxy) is 1. The van der Waals surface area contributed by atoms with Gasteiger partial charge < -0.3 is 25.0 Å². The number of carboxylic acids is 1.